The van der Waals surface area contributed by atoms with Crippen LogP contribution in [0.1, 0.15) is 25.7 Å². The highest BCUT2D eigenvalue weighted by Gasteiger charge is 2.39. The molecule has 0 aromatic carbocycles. The van der Waals surface area contributed by atoms with Crippen molar-refractivity contribution >= 4 is 5.91 Å². The quantitative estimate of drug-likeness (QED) is 0.770. The zero-order valence-electron chi connectivity index (χ0n) is 12.9. The molecule has 116 valence electrons. The van der Waals surface area contributed by atoms with E-state index in [-0.39, 0.29) is 11.3 Å². The van der Waals surface area contributed by atoms with Crippen LogP contribution in [0.3, 0.4) is 0 Å². The van der Waals surface area contributed by atoms with Crippen LogP contribution >= 0.6 is 0 Å². The van der Waals surface area contributed by atoms with Gasteiger partial charge in [0.1, 0.15) is 0 Å². The second kappa shape index (κ2) is 7.38. The van der Waals surface area contributed by atoms with Crippen molar-refractivity contribution in [1.29, 1.82) is 0 Å². The van der Waals surface area contributed by atoms with Crippen molar-refractivity contribution < 1.29 is 9.53 Å². The van der Waals surface area contributed by atoms with Gasteiger partial charge in [-0.1, -0.05) is 0 Å². The molecular weight excluding hydrogens is 254 g/mol. The largest absolute Gasteiger partial charge is 0.384 e. The predicted octanol–water partition coefficient (Wildman–Crippen LogP) is 0.461. The van der Waals surface area contributed by atoms with Crippen molar-refractivity contribution in [3.63, 3.8) is 0 Å². The Kier molecular flexibility index (Phi) is 5.81. The number of carbonyl (C=O) groups excluding carboxylic acids is 1. The molecule has 2 saturated heterocycles. The number of nitrogens with zero attached hydrogens (tertiary/aromatic N) is 1. The molecule has 2 rings (SSSR count). The minimum absolute atomic E-state index is 0.194. The van der Waals surface area contributed by atoms with E-state index in [0.717, 1.165) is 45.6 Å². The number of ether oxygens (including phenoxy) is 1. The van der Waals surface area contributed by atoms with Crippen LogP contribution in [-0.4, -0.2) is 64.3 Å². The number of carbonyl (C=O) groups is 1. The number of hydrogen-bond acceptors (Lipinski definition) is 4. The smallest absolute Gasteiger partial charge is 0.228 e. The maximum Gasteiger partial charge on any atom is 0.228 e. The van der Waals surface area contributed by atoms with Gasteiger partial charge < -0.3 is 20.3 Å². The van der Waals surface area contributed by atoms with Crippen LogP contribution in [0.2, 0.25) is 0 Å². The molecule has 2 aliphatic heterocycles. The molecule has 2 N–H and O–H groups in total. The zero-order chi connectivity index (χ0) is 14.4. The molecule has 0 saturated carbocycles. The number of hydrogen-bond donors (Lipinski definition) is 2. The van der Waals surface area contributed by atoms with Gasteiger partial charge >= 0.3 is 0 Å². The fourth-order valence-corrected chi connectivity index (χ4v) is 3.31. The molecular formula is C15H29N3O2. The Labute approximate surface area is 122 Å². The summed E-state index contributed by atoms with van der Waals surface area (Å²) < 4.78 is 5.32. The summed E-state index contributed by atoms with van der Waals surface area (Å²) in [5.41, 5.74) is -0.314. The Morgan fingerprint density at radius 2 is 2.00 bits per heavy atom. The summed E-state index contributed by atoms with van der Waals surface area (Å²) in [4.78, 5) is 14.9. The van der Waals surface area contributed by atoms with Gasteiger partial charge in [-0.25, -0.2) is 0 Å². The zero-order valence-corrected chi connectivity index (χ0v) is 12.9. The molecule has 0 radical (unpaired) electrons. The fraction of sp³-hybridized carbons (Fsp3) is 0.933. The molecule has 20 heavy (non-hydrogen) atoms. The number of piperidine rings is 2. The van der Waals surface area contributed by atoms with Gasteiger partial charge in [0.15, 0.2) is 0 Å². The Balaban J connectivity index is 1.82. The maximum atomic E-state index is 12.6. The molecule has 0 aromatic rings. The number of amides is 1. The SMILES string of the molecule is COCC1(C(=O)NCC2CCN(C)CC2)CCNCC1. The summed E-state index contributed by atoms with van der Waals surface area (Å²) in [6.45, 7) is 5.47. The minimum atomic E-state index is -0.314. The first-order valence-corrected chi connectivity index (χ1v) is 7.83. The summed E-state index contributed by atoms with van der Waals surface area (Å²) in [5.74, 6) is 0.830. The first-order valence-electron chi connectivity index (χ1n) is 7.83. The van der Waals surface area contributed by atoms with E-state index in [9.17, 15) is 4.79 Å². The van der Waals surface area contributed by atoms with Crippen molar-refractivity contribution in [3.05, 3.63) is 0 Å². The summed E-state index contributed by atoms with van der Waals surface area (Å²) in [7, 11) is 3.85. The Morgan fingerprint density at radius 3 is 2.60 bits per heavy atom. The first-order chi connectivity index (χ1) is 9.66. The third-order valence-electron chi connectivity index (χ3n) is 4.85. The highest BCUT2D eigenvalue weighted by Crippen LogP contribution is 2.29. The molecule has 0 unspecified atom stereocenters. The number of methoxy groups -OCH3 is 1. The van der Waals surface area contributed by atoms with Gasteiger partial charge in [0.2, 0.25) is 5.91 Å². The number of rotatable bonds is 5. The van der Waals surface area contributed by atoms with Crippen LogP contribution in [0.4, 0.5) is 0 Å². The normalized spacial score (nSPS) is 24.5. The second-order valence-corrected chi connectivity index (χ2v) is 6.42. The highest BCUT2D eigenvalue weighted by atomic mass is 16.5. The van der Waals surface area contributed by atoms with Crippen LogP contribution in [0.15, 0.2) is 0 Å². The third-order valence-corrected chi connectivity index (χ3v) is 4.85. The van der Waals surface area contributed by atoms with E-state index < -0.39 is 0 Å². The Morgan fingerprint density at radius 1 is 1.35 bits per heavy atom. The molecule has 0 atom stereocenters. The van der Waals surface area contributed by atoms with Gasteiger partial charge in [-0.05, 0) is 64.8 Å². The molecule has 1 amide bonds. The molecule has 2 heterocycles. The minimum Gasteiger partial charge on any atom is -0.384 e. The van der Waals surface area contributed by atoms with Crippen LogP contribution in [-0.2, 0) is 9.53 Å². The Hall–Kier alpha value is -0.650. The molecule has 0 aliphatic carbocycles. The summed E-state index contributed by atoms with van der Waals surface area (Å²) in [6, 6.07) is 0. The van der Waals surface area contributed by atoms with Crippen LogP contribution in [0.25, 0.3) is 0 Å². The molecule has 0 bridgehead atoms. The maximum absolute atomic E-state index is 12.6. The first kappa shape index (κ1) is 15.7. The lowest BCUT2D eigenvalue weighted by Crippen LogP contribution is -2.51. The topological polar surface area (TPSA) is 53.6 Å². The summed E-state index contributed by atoms with van der Waals surface area (Å²) >= 11 is 0. The molecule has 2 aliphatic rings. The van der Waals surface area contributed by atoms with Gasteiger partial charge in [0.05, 0.1) is 12.0 Å². The van der Waals surface area contributed by atoms with Gasteiger partial charge in [-0.2, -0.15) is 0 Å². The number of nitrogens with one attached hydrogen (secondary N) is 2. The monoisotopic (exact) mass is 283 g/mol. The lowest BCUT2D eigenvalue weighted by molar-refractivity contribution is -0.136. The van der Waals surface area contributed by atoms with Crippen molar-refractivity contribution in [2.45, 2.75) is 25.7 Å². The standard InChI is InChI=1S/C15H29N3O2/c1-18-9-3-13(4-10-18)11-17-14(19)15(12-20-2)5-7-16-8-6-15/h13,16H,3-12H2,1-2H3,(H,17,19). The van der Waals surface area contributed by atoms with Gasteiger partial charge in [0, 0.05) is 13.7 Å². The lowest BCUT2D eigenvalue weighted by Gasteiger charge is -2.36. The molecule has 5 heteroatoms. The van der Waals surface area contributed by atoms with Gasteiger partial charge in [-0.3, -0.25) is 4.79 Å². The summed E-state index contributed by atoms with van der Waals surface area (Å²) in [6.07, 6.45) is 4.13. The average molecular weight is 283 g/mol. The Bertz CT molecular complexity index is 303. The van der Waals surface area contributed by atoms with Crippen LogP contribution in [0, 0.1) is 11.3 Å². The van der Waals surface area contributed by atoms with E-state index in [2.05, 4.69) is 22.6 Å². The lowest BCUT2D eigenvalue weighted by atomic mass is 9.78. The van der Waals surface area contributed by atoms with E-state index in [1.165, 1.54) is 12.8 Å². The fourth-order valence-electron chi connectivity index (χ4n) is 3.31. The second-order valence-electron chi connectivity index (χ2n) is 6.42. The van der Waals surface area contributed by atoms with Crippen molar-refractivity contribution in [2.75, 3.05) is 53.5 Å². The third kappa shape index (κ3) is 3.93. The van der Waals surface area contributed by atoms with Crippen molar-refractivity contribution in [2.24, 2.45) is 11.3 Å². The predicted molar refractivity (Wildman–Crippen MR) is 79.6 cm³/mol. The van der Waals surface area contributed by atoms with Gasteiger partial charge in [0.25, 0.3) is 0 Å². The van der Waals surface area contributed by atoms with E-state index in [0.29, 0.717) is 12.5 Å². The van der Waals surface area contributed by atoms with Crippen molar-refractivity contribution in [3.8, 4) is 0 Å². The summed E-state index contributed by atoms with van der Waals surface area (Å²) in [5, 5.41) is 6.52. The average Bonchev–Trinajstić information content (AvgIpc) is 2.47. The molecule has 2 fully saturated rings. The molecule has 0 spiro atoms. The van der Waals surface area contributed by atoms with E-state index in [1.807, 2.05) is 0 Å². The highest BCUT2D eigenvalue weighted by molar-refractivity contribution is 5.83. The van der Waals surface area contributed by atoms with Crippen LogP contribution < -0.4 is 10.6 Å². The van der Waals surface area contributed by atoms with E-state index >= 15 is 0 Å². The van der Waals surface area contributed by atoms with Crippen LogP contribution in [0.5, 0.6) is 0 Å². The molecule has 5 nitrogen and oxygen atoms in total. The van der Waals surface area contributed by atoms with Gasteiger partial charge in [-0.15, -0.1) is 0 Å². The molecule has 0 aromatic heterocycles. The van der Waals surface area contributed by atoms with E-state index in [1.54, 1.807) is 7.11 Å². The van der Waals surface area contributed by atoms with Crippen molar-refractivity contribution in [1.82, 2.24) is 15.5 Å². The van der Waals surface area contributed by atoms with E-state index in [4.69, 9.17) is 4.74 Å². The number of likely N-dealkylation sites (tertiary alicyclic amines) is 1.